The van der Waals surface area contributed by atoms with Crippen LogP contribution in [0.5, 0.6) is 5.75 Å². The Balaban J connectivity index is 1.26. The van der Waals surface area contributed by atoms with Gasteiger partial charge in [-0.05, 0) is 29.3 Å². The molecule has 0 unspecified atom stereocenters. The minimum atomic E-state index is -0.270. The lowest BCUT2D eigenvalue weighted by Crippen LogP contribution is -2.30. The number of nitrogens with zero attached hydrogens (tertiary/aromatic N) is 2. The molecule has 1 fully saturated rings. The van der Waals surface area contributed by atoms with E-state index >= 15 is 0 Å². The first-order valence-corrected chi connectivity index (χ1v) is 9.57. The first-order chi connectivity index (χ1) is 12.8. The number of carbonyl (C=O) groups excluding carboxylic acids is 1. The van der Waals surface area contributed by atoms with Crippen LogP contribution in [0.25, 0.3) is 10.8 Å². The van der Waals surface area contributed by atoms with E-state index in [1.165, 1.54) is 22.1 Å². The molecular formula is C20H20N2O3S. The number of likely N-dealkylation sites (tertiary alicyclic amines) is 1. The summed E-state index contributed by atoms with van der Waals surface area (Å²) in [6, 6.07) is 14.4. The molecule has 3 aromatic rings. The molecule has 26 heavy (non-hydrogen) atoms. The van der Waals surface area contributed by atoms with Crippen LogP contribution in [0.4, 0.5) is 4.79 Å². The van der Waals surface area contributed by atoms with Gasteiger partial charge in [0.1, 0.15) is 17.4 Å². The van der Waals surface area contributed by atoms with Crippen molar-refractivity contribution in [3.05, 3.63) is 59.0 Å². The van der Waals surface area contributed by atoms with Crippen molar-refractivity contribution in [3.63, 3.8) is 0 Å². The number of carbonyl (C=O) groups is 1. The number of hydrogen-bond donors (Lipinski definition) is 0. The summed E-state index contributed by atoms with van der Waals surface area (Å²) in [5.41, 5.74) is 0. The zero-order valence-corrected chi connectivity index (χ0v) is 15.2. The first-order valence-electron chi connectivity index (χ1n) is 8.69. The average Bonchev–Trinajstić information content (AvgIpc) is 3.36. The highest BCUT2D eigenvalue weighted by Crippen LogP contribution is 2.23. The van der Waals surface area contributed by atoms with Gasteiger partial charge in [0.05, 0.1) is 6.61 Å². The van der Waals surface area contributed by atoms with E-state index in [4.69, 9.17) is 9.47 Å². The Bertz CT molecular complexity index is 882. The van der Waals surface area contributed by atoms with Crippen LogP contribution >= 0.6 is 11.3 Å². The highest BCUT2D eigenvalue weighted by atomic mass is 32.1. The van der Waals surface area contributed by atoms with Crippen LogP contribution in [0.15, 0.2) is 54.0 Å². The molecule has 1 aromatic heterocycles. The standard InChI is InChI=1S/C20H20N2O3S/c23-20(25-14-19-21-8-10-26-19)22-9-7-15(12-22)13-24-18-6-5-16-3-1-2-4-17(16)11-18/h1-6,8,10-11,15H,7,9,12-14H2/t15-/m1/s1. The van der Waals surface area contributed by atoms with Crippen molar-refractivity contribution >= 4 is 28.2 Å². The predicted molar refractivity (Wildman–Crippen MR) is 101 cm³/mol. The van der Waals surface area contributed by atoms with Gasteiger partial charge in [0.25, 0.3) is 0 Å². The van der Waals surface area contributed by atoms with E-state index in [9.17, 15) is 4.79 Å². The molecule has 0 aliphatic carbocycles. The second kappa shape index (κ2) is 7.74. The predicted octanol–water partition coefficient (Wildman–Crippen LogP) is 4.33. The van der Waals surface area contributed by atoms with Crippen LogP contribution in [-0.2, 0) is 11.3 Å². The Morgan fingerprint density at radius 1 is 1.23 bits per heavy atom. The van der Waals surface area contributed by atoms with Crippen LogP contribution in [-0.4, -0.2) is 35.7 Å². The fourth-order valence-electron chi connectivity index (χ4n) is 3.14. The van der Waals surface area contributed by atoms with Crippen molar-refractivity contribution < 1.29 is 14.3 Å². The maximum absolute atomic E-state index is 12.1. The second-order valence-electron chi connectivity index (χ2n) is 6.40. The van der Waals surface area contributed by atoms with Gasteiger partial charge in [-0.1, -0.05) is 30.3 Å². The molecule has 1 aliphatic rings. The average molecular weight is 368 g/mol. The molecule has 1 saturated heterocycles. The third-order valence-electron chi connectivity index (χ3n) is 4.55. The summed E-state index contributed by atoms with van der Waals surface area (Å²) >= 11 is 1.49. The fourth-order valence-corrected chi connectivity index (χ4v) is 3.67. The smallest absolute Gasteiger partial charge is 0.410 e. The molecule has 2 heterocycles. The number of benzene rings is 2. The highest BCUT2D eigenvalue weighted by molar-refractivity contribution is 7.09. The molecule has 1 amide bonds. The normalized spacial score (nSPS) is 16.8. The zero-order valence-electron chi connectivity index (χ0n) is 14.3. The minimum Gasteiger partial charge on any atom is -0.493 e. The van der Waals surface area contributed by atoms with Crippen molar-refractivity contribution in [3.8, 4) is 5.75 Å². The van der Waals surface area contributed by atoms with Crippen LogP contribution in [0.2, 0.25) is 0 Å². The van der Waals surface area contributed by atoms with Gasteiger partial charge in [-0.3, -0.25) is 0 Å². The number of amides is 1. The maximum Gasteiger partial charge on any atom is 0.410 e. The number of fused-ring (bicyclic) bond motifs is 1. The summed E-state index contributed by atoms with van der Waals surface area (Å²) in [5.74, 6) is 1.20. The Hall–Kier alpha value is -2.60. The topological polar surface area (TPSA) is 51.7 Å². The third kappa shape index (κ3) is 3.96. The van der Waals surface area contributed by atoms with E-state index in [1.54, 1.807) is 11.1 Å². The first kappa shape index (κ1) is 16.8. The lowest BCUT2D eigenvalue weighted by Gasteiger charge is -2.16. The molecule has 0 N–H and O–H groups in total. The van der Waals surface area contributed by atoms with Crippen LogP contribution in [0.3, 0.4) is 0 Å². The lowest BCUT2D eigenvalue weighted by molar-refractivity contribution is 0.102. The van der Waals surface area contributed by atoms with E-state index in [1.807, 2.05) is 23.6 Å². The van der Waals surface area contributed by atoms with Crippen molar-refractivity contribution in [1.29, 1.82) is 0 Å². The Morgan fingerprint density at radius 2 is 2.12 bits per heavy atom. The molecule has 0 spiro atoms. The minimum absolute atomic E-state index is 0.241. The van der Waals surface area contributed by atoms with Crippen LogP contribution < -0.4 is 4.74 Å². The third-order valence-corrected chi connectivity index (χ3v) is 5.31. The zero-order chi connectivity index (χ0) is 17.8. The van der Waals surface area contributed by atoms with E-state index in [0.29, 0.717) is 25.6 Å². The highest BCUT2D eigenvalue weighted by Gasteiger charge is 2.27. The van der Waals surface area contributed by atoms with Gasteiger partial charge >= 0.3 is 6.09 Å². The Labute approximate surface area is 156 Å². The van der Waals surface area contributed by atoms with Gasteiger partial charge in [0, 0.05) is 30.6 Å². The lowest BCUT2D eigenvalue weighted by atomic mass is 10.1. The van der Waals surface area contributed by atoms with Crippen molar-refractivity contribution in [2.24, 2.45) is 5.92 Å². The van der Waals surface area contributed by atoms with Crippen LogP contribution in [0, 0.1) is 5.92 Å². The SMILES string of the molecule is O=C(OCc1nccs1)N1CC[C@@H](COc2ccc3ccccc3c2)C1. The fraction of sp³-hybridized carbons (Fsp3) is 0.300. The van der Waals surface area contributed by atoms with Crippen molar-refractivity contribution in [2.75, 3.05) is 19.7 Å². The molecule has 134 valence electrons. The van der Waals surface area contributed by atoms with Crippen molar-refractivity contribution in [2.45, 2.75) is 13.0 Å². The number of aromatic nitrogens is 1. The molecule has 6 heteroatoms. The quantitative estimate of drug-likeness (QED) is 0.672. The van der Waals surface area contributed by atoms with Gasteiger partial charge in [-0.15, -0.1) is 11.3 Å². The molecule has 5 nitrogen and oxygen atoms in total. The summed E-state index contributed by atoms with van der Waals surface area (Å²) < 4.78 is 11.3. The van der Waals surface area contributed by atoms with Gasteiger partial charge in [-0.2, -0.15) is 0 Å². The second-order valence-corrected chi connectivity index (χ2v) is 7.38. The summed E-state index contributed by atoms with van der Waals surface area (Å²) in [6.45, 7) is 2.23. The molecule has 1 atom stereocenters. The van der Waals surface area contributed by atoms with E-state index in [0.717, 1.165) is 17.2 Å². The molecule has 2 aromatic carbocycles. The van der Waals surface area contributed by atoms with Crippen molar-refractivity contribution in [1.82, 2.24) is 9.88 Å². The monoisotopic (exact) mass is 368 g/mol. The number of rotatable bonds is 5. The molecule has 0 bridgehead atoms. The molecule has 1 aliphatic heterocycles. The van der Waals surface area contributed by atoms with E-state index in [2.05, 4.69) is 29.2 Å². The largest absolute Gasteiger partial charge is 0.493 e. The van der Waals surface area contributed by atoms with Gasteiger partial charge in [0.15, 0.2) is 0 Å². The summed E-state index contributed by atoms with van der Waals surface area (Å²) in [6.07, 6.45) is 2.37. The molecule has 0 saturated carbocycles. The number of hydrogen-bond acceptors (Lipinski definition) is 5. The number of thiazole rings is 1. The van der Waals surface area contributed by atoms with Gasteiger partial charge < -0.3 is 14.4 Å². The Kier molecular flexibility index (Phi) is 5.02. The molecule has 0 radical (unpaired) electrons. The van der Waals surface area contributed by atoms with E-state index < -0.39 is 0 Å². The van der Waals surface area contributed by atoms with Gasteiger partial charge in [0.2, 0.25) is 0 Å². The molecule has 4 rings (SSSR count). The summed E-state index contributed by atoms with van der Waals surface area (Å²) in [4.78, 5) is 18.0. The molecular weight excluding hydrogens is 348 g/mol. The Morgan fingerprint density at radius 3 is 2.96 bits per heavy atom. The summed E-state index contributed by atoms with van der Waals surface area (Å²) in [5, 5.41) is 5.06. The number of ether oxygens (including phenoxy) is 2. The van der Waals surface area contributed by atoms with E-state index in [-0.39, 0.29) is 12.7 Å². The summed E-state index contributed by atoms with van der Waals surface area (Å²) in [7, 11) is 0. The van der Waals surface area contributed by atoms with Gasteiger partial charge in [-0.25, -0.2) is 9.78 Å². The van der Waals surface area contributed by atoms with Crippen LogP contribution in [0.1, 0.15) is 11.4 Å². The maximum atomic E-state index is 12.1.